The summed E-state index contributed by atoms with van der Waals surface area (Å²) in [7, 11) is -3.86. The maximum Gasteiger partial charge on any atom is 0.288 e. The average molecular weight is 487 g/mol. The Bertz CT molecular complexity index is 1460. The fourth-order valence-electron chi connectivity index (χ4n) is 3.17. The van der Waals surface area contributed by atoms with E-state index in [1.807, 2.05) is 0 Å². The number of furan rings is 1. The third kappa shape index (κ3) is 4.42. The number of carbonyl (C=O) groups excluding carboxylic acids is 1. The lowest BCUT2D eigenvalue weighted by Crippen LogP contribution is -2.21. The summed E-state index contributed by atoms with van der Waals surface area (Å²) >= 11 is 5.85. The summed E-state index contributed by atoms with van der Waals surface area (Å²) in [5.74, 6) is 0.264. The van der Waals surface area contributed by atoms with Gasteiger partial charge in [-0.25, -0.2) is 13.6 Å². The molecule has 1 aromatic heterocycles. The minimum atomic E-state index is -3.86. The fourth-order valence-corrected chi connectivity index (χ4v) is 3.87. The highest BCUT2D eigenvalue weighted by atomic mass is 35.5. The molecule has 0 fully saturated rings. The number of hydrazone groups is 1. The zero-order valence-corrected chi connectivity index (χ0v) is 18.5. The van der Waals surface area contributed by atoms with Gasteiger partial charge in [0.05, 0.1) is 26.8 Å². The van der Waals surface area contributed by atoms with Gasteiger partial charge in [-0.1, -0.05) is 11.6 Å². The van der Waals surface area contributed by atoms with Crippen molar-refractivity contribution in [1.82, 2.24) is 0 Å². The molecule has 4 rings (SSSR count). The van der Waals surface area contributed by atoms with Gasteiger partial charge >= 0.3 is 0 Å². The number of benzene rings is 2. The van der Waals surface area contributed by atoms with Crippen molar-refractivity contribution < 1.29 is 22.6 Å². The topological polar surface area (TPSA) is 149 Å². The molecule has 0 radical (unpaired) electrons. The number of hydrogen-bond donors (Lipinski definition) is 1. The van der Waals surface area contributed by atoms with Crippen LogP contribution in [0.25, 0.3) is 17.4 Å². The molecular weight excluding hydrogens is 472 g/mol. The number of halogens is 1. The summed E-state index contributed by atoms with van der Waals surface area (Å²) in [6, 6.07) is 13.0. The predicted molar refractivity (Wildman–Crippen MR) is 122 cm³/mol. The third-order valence-electron chi connectivity index (χ3n) is 4.81. The molecule has 0 aliphatic carbocycles. The molecule has 10 nitrogen and oxygen atoms in total. The second-order valence-corrected chi connectivity index (χ2v) is 8.99. The van der Waals surface area contributed by atoms with Crippen LogP contribution in [-0.4, -0.2) is 25.0 Å². The number of amides is 1. The number of carbonyl (C=O) groups is 1. The van der Waals surface area contributed by atoms with E-state index in [0.717, 1.165) is 5.01 Å². The second kappa shape index (κ2) is 8.28. The molecule has 0 atom stereocenters. The lowest BCUT2D eigenvalue weighted by atomic mass is 10.1. The highest BCUT2D eigenvalue weighted by Crippen LogP contribution is 2.32. The summed E-state index contributed by atoms with van der Waals surface area (Å²) in [6.45, 7) is 1.65. The fraction of sp³-hybridized carbons (Fsp3) is 0.0476. The van der Waals surface area contributed by atoms with Crippen molar-refractivity contribution in [3.63, 3.8) is 0 Å². The number of primary sulfonamides is 1. The maximum atomic E-state index is 12.9. The number of sulfonamides is 1. The monoisotopic (exact) mass is 486 g/mol. The van der Waals surface area contributed by atoms with Crippen molar-refractivity contribution >= 4 is 50.7 Å². The first-order valence-corrected chi connectivity index (χ1v) is 11.3. The van der Waals surface area contributed by atoms with Gasteiger partial charge in [0.25, 0.3) is 11.6 Å². The van der Waals surface area contributed by atoms with E-state index in [1.165, 1.54) is 42.5 Å². The van der Waals surface area contributed by atoms with Crippen molar-refractivity contribution in [2.24, 2.45) is 10.2 Å². The Morgan fingerprint density at radius 1 is 1.15 bits per heavy atom. The Hall–Kier alpha value is -3.80. The summed E-state index contributed by atoms with van der Waals surface area (Å²) in [6.07, 6.45) is 1.51. The van der Waals surface area contributed by atoms with Crippen molar-refractivity contribution in [2.45, 2.75) is 11.8 Å². The Balaban J connectivity index is 1.60. The molecule has 2 aromatic carbocycles. The molecule has 0 bridgehead atoms. The number of nitrogens with two attached hydrogens (primary N) is 1. The highest BCUT2D eigenvalue weighted by Gasteiger charge is 2.29. The van der Waals surface area contributed by atoms with Gasteiger partial charge in [-0.15, -0.1) is 0 Å². The molecule has 1 aliphatic heterocycles. The van der Waals surface area contributed by atoms with E-state index in [2.05, 4.69) is 5.10 Å². The molecule has 33 heavy (non-hydrogen) atoms. The van der Waals surface area contributed by atoms with Crippen LogP contribution in [0.2, 0.25) is 5.02 Å². The van der Waals surface area contributed by atoms with Gasteiger partial charge in [0, 0.05) is 11.6 Å². The van der Waals surface area contributed by atoms with Crippen LogP contribution in [0, 0.1) is 10.1 Å². The second-order valence-electron chi connectivity index (χ2n) is 7.02. The first-order chi connectivity index (χ1) is 15.5. The van der Waals surface area contributed by atoms with E-state index in [1.54, 1.807) is 25.1 Å². The van der Waals surface area contributed by atoms with Gasteiger partial charge < -0.3 is 4.42 Å². The van der Waals surface area contributed by atoms with Crippen LogP contribution in [0.15, 0.2) is 74.6 Å². The Morgan fingerprint density at radius 2 is 1.85 bits per heavy atom. The van der Waals surface area contributed by atoms with Gasteiger partial charge in [0.1, 0.15) is 16.5 Å². The minimum Gasteiger partial charge on any atom is -0.457 e. The van der Waals surface area contributed by atoms with Crippen molar-refractivity contribution in [3.8, 4) is 11.3 Å². The molecule has 0 saturated heterocycles. The smallest absolute Gasteiger partial charge is 0.288 e. The molecule has 1 amide bonds. The molecular formula is C21H15ClN4O6S. The SMILES string of the molecule is CC1=NN(c2ccc(S(N)(=O)=O)cc2)C(=O)/C1=C\c1ccc(-c2ccc(Cl)c([N+](=O)[O-])c2)o1. The zero-order chi connectivity index (χ0) is 23.9. The standard InChI is InChI=1S/C21H15ClN4O6S/c1-12-17(21(27)25(24-12)14-3-6-16(7-4-14)33(23,30)31)11-15-5-9-20(32-15)13-2-8-18(22)19(10-13)26(28)29/h2-11H,1H3,(H2,23,30,31)/b17-11-. The molecule has 1 aliphatic rings. The van der Waals surface area contributed by atoms with E-state index in [4.69, 9.17) is 21.2 Å². The number of rotatable bonds is 5. The van der Waals surface area contributed by atoms with E-state index in [-0.39, 0.29) is 21.2 Å². The van der Waals surface area contributed by atoms with Crippen LogP contribution in [0.5, 0.6) is 0 Å². The van der Waals surface area contributed by atoms with E-state index in [9.17, 15) is 23.3 Å². The van der Waals surface area contributed by atoms with E-state index < -0.39 is 20.9 Å². The van der Waals surface area contributed by atoms with Crippen molar-refractivity contribution in [2.75, 3.05) is 5.01 Å². The average Bonchev–Trinajstić information content (AvgIpc) is 3.33. The van der Waals surface area contributed by atoms with Crippen LogP contribution >= 0.6 is 11.6 Å². The quantitative estimate of drug-likeness (QED) is 0.327. The van der Waals surface area contributed by atoms with Crippen molar-refractivity contribution in [3.05, 3.63) is 81.1 Å². The van der Waals surface area contributed by atoms with E-state index >= 15 is 0 Å². The largest absolute Gasteiger partial charge is 0.457 e. The number of hydrogen-bond acceptors (Lipinski definition) is 7. The molecule has 3 aromatic rings. The third-order valence-corrected chi connectivity index (χ3v) is 6.06. The van der Waals surface area contributed by atoms with Gasteiger partial charge in [-0.3, -0.25) is 14.9 Å². The molecule has 2 N–H and O–H groups in total. The molecule has 0 saturated carbocycles. The molecule has 2 heterocycles. The lowest BCUT2D eigenvalue weighted by Gasteiger charge is -2.11. The van der Waals surface area contributed by atoms with Gasteiger partial charge in [-0.05, 0) is 61.5 Å². The number of nitrogens with zero attached hydrogens (tertiary/aromatic N) is 3. The van der Waals surface area contributed by atoms with Crippen LogP contribution in [0.4, 0.5) is 11.4 Å². The summed E-state index contributed by atoms with van der Waals surface area (Å²) in [5.41, 5.74) is 1.27. The normalized spacial score (nSPS) is 15.2. The maximum absolute atomic E-state index is 12.9. The summed E-state index contributed by atoms with van der Waals surface area (Å²) in [5, 5.41) is 21.6. The zero-order valence-electron chi connectivity index (χ0n) is 16.9. The lowest BCUT2D eigenvalue weighted by molar-refractivity contribution is -0.384. The van der Waals surface area contributed by atoms with Crippen LogP contribution in [0.1, 0.15) is 12.7 Å². The first-order valence-electron chi connectivity index (χ1n) is 9.33. The van der Waals surface area contributed by atoms with Crippen LogP contribution in [-0.2, 0) is 14.8 Å². The van der Waals surface area contributed by atoms with Gasteiger partial charge in [0.15, 0.2) is 0 Å². The molecule has 0 spiro atoms. The minimum absolute atomic E-state index is 0.0122. The predicted octanol–water partition coefficient (Wildman–Crippen LogP) is 3.96. The Labute approximate surface area is 192 Å². The number of nitro benzene ring substituents is 1. The molecule has 0 unspecified atom stereocenters. The van der Waals surface area contributed by atoms with Gasteiger partial charge in [0.2, 0.25) is 10.0 Å². The summed E-state index contributed by atoms with van der Waals surface area (Å²) in [4.78, 5) is 23.4. The molecule has 168 valence electrons. The van der Waals surface area contributed by atoms with Crippen LogP contribution in [0.3, 0.4) is 0 Å². The first kappa shape index (κ1) is 22.4. The summed E-state index contributed by atoms with van der Waals surface area (Å²) < 4.78 is 28.6. The van der Waals surface area contributed by atoms with E-state index in [0.29, 0.717) is 28.5 Å². The van der Waals surface area contributed by atoms with Crippen LogP contribution < -0.4 is 10.1 Å². The Kier molecular flexibility index (Phi) is 5.62. The Morgan fingerprint density at radius 3 is 2.48 bits per heavy atom. The molecule has 12 heteroatoms. The van der Waals surface area contributed by atoms with Gasteiger partial charge in [-0.2, -0.15) is 10.1 Å². The highest BCUT2D eigenvalue weighted by molar-refractivity contribution is 7.89. The number of anilines is 1. The number of nitro groups is 1. The van der Waals surface area contributed by atoms with Crippen molar-refractivity contribution in [1.29, 1.82) is 0 Å².